The number of nitrogens with one attached hydrogen (secondary N) is 1. The summed E-state index contributed by atoms with van der Waals surface area (Å²) >= 11 is 6.16. The Kier molecular flexibility index (Phi) is 11.1. The Morgan fingerprint density at radius 3 is 2.07 bits per heavy atom. The van der Waals surface area contributed by atoms with E-state index >= 15 is 0 Å². The van der Waals surface area contributed by atoms with Crippen molar-refractivity contribution < 1.29 is 22.7 Å². The number of nitrogens with zero attached hydrogens (tertiary/aromatic N) is 2. The van der Waals surface area contributed by atoms with Crippen LogP contribution in [0.25, 0.3) is 0 Å². The average molecular weight is 662 g/mol. The van der Waals surface area contributed by atoms with Gasteiger partial charge in [-0.15, -0.1) is 0 Å². The van der Waals surface area contributed by atoms with Gasteiger partial charge in [-0.1, -0.05) is 83.9 Å². The van der Waals surface area contributed by atoms with Crippen LogP contribution in [-0.2, 0) is 32.6 Å². The Morgan fingerprint density at radius 1 is 0.848 bits per heavy atom. The number of carbonyl (C=O) groups excluding carboxylic acids is 2. The molecule has 0 bridgehead atoms. The van der Waals surface area contributed by atoms with Crippen LogP contribution in [0, 0.1) is 6.92 Å². The number of aryl methyl sites for hydroxylation is 1. The number of halogens is 1. The third-order valence-corrected chi connectivity index (χ3v) is 9.30. The summed E-state index contributed by atoms with van der Waals surface area (Å²) in [6.45, 7) is 6.92. The number of ether oxygens (including phenoxy) is 1. The number of methoxy groups -OCH3 is 1. The molecule has 8 nitrogen and oxygen atoms in total. The molecular formula is C36H40ClN3O5S. The zero-order valence-corrected chi connectivity index (χ0v) is 28.3. The van der Waals surface area contributed by atoms with Crippen LogP contribution in [-0.4, -0.2) is 50.4 Å². The van der Waals surface area contributed by atoms with Gasteiger partial charge in [0.25, 0.3) is 10.0 Å². The fraction of sp³-hybridized carbons (Fsp3) is 0.278. The van der Waals surface area contributed by atoms with Gasteiger partial charge < -0.3 is 15.0 Å². The van der Waals surface area contributed by atoms with Gasteiger partial charge in [0, 0.05) is 23.5 Å². The van der Waals surface area contributed by atoms with Crippen LogP contribution < -0.4 is 14.4 Å². The van der Waals surface area contributed by atoms with Crippen LogP contribution in [0.15, 0.2) is 108 Å². The minimum atomic E-state index is -4.26. The highest BCUT2D eigenvalue weighted by Gasteiger charge is 2.36. The summed E-state index contributed by atoms with van der Waals surface area (Å²) in [6.07, 6.45) is 0.210. The molecule has 1 atom stereocenters. The lowest BCUT2D eigenvalue weighted by atomic mass is 10.0. The molecule has 0 spiro atoms. The highest BCUT2D eigenvalue weighted by atomic mass is 35.5. The van der Waals surface area contributed by atoms with Crippen molar-refractivity contribution in [2.75, 3.05) is 18.0 Å². The van der Waals surface area contributed by atoms with Crippen molar-refractivity contribution in [2.24, 2.45) is 0 Å². The molecule has 0 aromatic heterocycles. The largest absolute Gasteiger partial charge is 0.495 e. The Hall–Kier alpha value is -4.34. The molecular weight excluding hydrogens is 622 g/mol. The van der Waals surface area contributed by atoms with Crippen molar-refractivity contribution in [3.05, 3.63) is 125 Å². The summed E-state index contributed by atoms with van der Waals surface area (Å²) in [6, 6.07) is 28.5. The molecule has 0 heterocycles. The van der Waals surface area contributed by atoms with Crippen LogP contribution in [0.2, 0.25) is 5.02 Å². The molecule has 0 aliphatic heterocycles. The number of rotatable bonds is 12. The smallest absolute Gasteiger partial charge is 0.264 e. The fourth-order valence-electron chi connectivity index (χ4n) is 4.98. The van der Waals surface area contributed by atoms with E-state index in [0.29, 0.717) is 5.02 Å². The molecule has 0 fully saturated rings. The maximum Gasteiger partial charge on any atom is 0.264 e. The summed E-state index contributed by atoms with van der Waals surface area (Å²) in [5.41, 5.74) is 2.08. The number of para-hydroxylation sites is 2. The first-order chi connectivity index (χ1) is 21.8. The molecule has 2 amide bonds. The van der Waals surface area contributed by atoms with Gasteiger partial charge in [0.15, 0.2) is 0 Å². The second-order valence-electron chi connectivity index (χ2n) is 12.1. The van der Waals surface area contributed by atoms with E-state index < -0.39 is 34.1 Å². The number of benzene rings is 4. The summed E-state index contributed by atoms with van der Waals surface area (Å²) in [5, 5.41) is 3.56. The molecule has 10 heteroatoms. The Bertz CT molecular complexity index is 1740. The van der Waals surface area contributed by atoms with Crippen molar-refractivity contribution in [1.29, 1.82) is 0 Å². The van der Waals surface area contributed by atoms with Crippen molar-refractivity contribution in [3.63, 3.8) is 0 Å². The van der Waals surface area contributed by atoms with Gasteiger partial charge >= 0.3 is 0 Å². The third-order valence-electron chi connectivity index (χ3n) is 7.28. The van der Waals surface area contributed by atoms with Crippen LogP contribution in [0.5, 0.6) is 5.75 Å². The number of hydrogen-bond donors (Lipinski definition) is 1. The predicted octanol–water partition coefficient (Wildman–Crippen LogP) is 6.41. The highest BCUT2D eigenvalue weighted by Crippen LogP contribution is 2.33. The fourth-order valence-corrected chi connectivity index (χ4v) is 6.53. The minimum absolute atomic E-state index is 0.0207. The molecule has 46 heavy (non-hydrogen) atoms. The van der Waals surface area contributed by atoms with Crippen LogP contribution in [0.1, 0.15) is 37.5 Å². The number of carbonyl (C=O) groups is 2. The average Bonchev–Trinajstić information content (AvgIpc) is 3.02. The Balaban J connectivity index is 1.84. The molecule has 1 N–H and O–H groups in total. The van der Waals surface area contributed by atoms with E-state index in [4.69, 9.17) is 16.3 Å². The Morgan fingerprint density at radius 2 is 1.46 bits per heavy atom. The first kappa shape index (κ1) is 34.5. The van der Waals surface area contributed by atoms with Gasteiger partial charge in [-0.25, -0.2) is 8.42 Å². The molecule has 4 aromatic carbocycles. The molecule has 4 aromatic rings. The van der Waals surface area contributed by atoms with Gasteiger partial charge in [0.2, 0.25) is 11.8 Å². The van der Waals surface area contributed by atoms with E-state index in [2.05, 4.69) is 5.32 Å². The zero-order chi connectivity index (χ0) is 33.5. The summed E-state index contributed by atoms with van der Waals surface area (Å²) in [5.74, 6) is -0.646. The summed E-state index contributed by atoms with van der Waals surface area (Å²) in [4.78, 5) is 30.1. The topological polar surface area (TPSA) is 96.0 Å². The van der Waals surface area contributed by atoms with Gasteiger partial charge in [-0.05, 0) is 75.2 Å². The second kappa shape index (κ2) is 14.8. The maximum absolute atomic E-state index is 14.6. The number of amides is 2. The summed E-state index contributed by atoms with van der Waals surface area (Å²) in [7, 11) is -2.81. The lowest BCUT2D eigenvalue weighted by Gasteiger charge is -2.35. The normalized spacial score (nSPS) is 12.2. The molecule has 0 saturated carbocycles. The van der Waals surface area contributed by atoms with E-state index in [1.54, 1.807) is 60.7 Å². The van der Waals surface area contributed by atoms with E-state index in [9.17, 15) is 18.0 Å². The number of anilines is 1. The SMILES string of the molecule is COc1ccccc1N(CC(=O)N(Cc1ccc(Cl)cc1)[C@H](Cc1ccccc1)C(=O)NC(C)(C)C)S(=O)(=O)c1ccc(C)cc1. The molecule has 0 saturated heterocycles. The molecule has 4 rings (SSSR count). The van der Waals surface area contributed by atoms with E-state index in [0.717, 1.165) is 21.0 Å². The van der Waals surface area contributed by atoms with E-state index in [1.165, 1.54) is 24.1 Å². The molecule has 0 unspecified atom stereocenters. The first-order valence-corrected chi connectivity index (χ1v) is 16.7. The number of hydrogen-bond acceptors (Lipinski definition) is 5. The quantitative estimate of drug-likeness (QED) is 0.189. The summed E-state index contributed by atoms with van der Waals surface area (Å²) < 4.78 is 35.1. The molecule has 0 radical (unpaired) electrons. The van der Waals surface area contributed by atoms with Crippen molar-refractivity contribution in [2.45, 2.75) is 57.1 Å². The van der Waals surface area contributed by atoms with Gasteiger partial charge in [0.05, 0.1) is 17.7 Å². The lowest BCUT2D eigenvalue weighted by Crippen LogP contribution is -2.56. The van der Waals surface area contributed by atoms with Crippen molar-refractivity contribution in [3.8, 4) is 5.75 Å². The molecule has 0 aliphatic carbocycles. The predicted molar refractivity (Wildman–Crippen MR) is 183 cm³/mol. The molecule has 242 valence electrons. The van der Waals surface area contributed by atoms with Crippen LogP contribution in [0.4, 0.5) is 5.69 Å². The Labute approximate surface area is 277 Å². The maximum atomic E-state index is 14.6. The molecule has 0 aliphatic rings. The van der Waals surface area contributed by atoms with Crippen molar-refractivity contribution >= 4 is 39.1 Å². The zero-order valence-electron chi connectivity index (χ0n) is 26.7. The van der Waals surface area contributed by atoms with E-state index in [-0.39, 0.29) is 35.2 Å². The first-order valence-electron chi connectivity index (χ1n) is 14.9. The second-order valence-corrected chi connectivity index (χ2v) is 14.4. The van der Waals surface area contributed by atoms with Crippen molar-refractivity contribution in [1.82, 2.24) is 10.2 Å². The number of sulfonamides is 1. The lowest BCUT2D eigenvalue weighted by molar-refractivity contribution is -0.140. The van der Waals surface area contributed by atoms with Crippen LogP contribution >= 0.6 is 11.6 Å². The van der Waals surface area contributed by atoms with Gasteiger partial charge in [0.1, 0.15) is 18.3 Å². The van der Waals surface area contributed by atoms with E-state index in [1.807, 2.05) is 58.0 Å². The third kappa shape index (κ3) is 8.89. The van der Waals surface area contributed by atoms with Gasteiger partial charge in [-0.2, -0.15) is 0 Å². The minimum Gasteiger partial charge on any atom is -0.495 e. The highest BCUT2D eigenvalue weighted by molar-refractivity contribution is 7.92. The van der Waals surface area contributed by atoms with Crippen LogP contribution in [0.3, 0.4) is 0 Å². The monoisotopic (exact) mass is 661 g/mol. The standard InChI is InChI=1S/C36H40ClN3O5S/c1-26-15-21-30(22-16-26)46(43,44)40(31-13-9-10-14-33(31)45-5)25-34(41)39(24-28-17-19-29(37)20-18-28)32(35(42)38-36(2,3)4)23-27-11-7-6-8-12-27/h6-22,32H,23-25H2,1-5H3,(H,38,42)/t32-/m1/s1. The van der Waals surface area contributed by atoms with Gasteiger partial charge in [-0.3, -0.25) is 13.9 Å².